The number of ether oxygens (including phenoxy) is 1. The molecule has 112 valence electrons. The van der Waals surface area contributed by atoms with Gasteiger partial charge in [0.05, 0.1) is 5.69 Å². The fourth-order valence-electron chi connectivity index (χ4n) is 1.78. The zero-order valence-corrected chi connectivity index (χ0v) is 14.4. The van der Waals surface area contributed by atoms with Crippen LogP contribution < -0.4 is 10.1 Å². The van der Waals surface area contributed by atoms with E-state index >= 15 is 0 Å². The Morgan fingerprint density at radius 3 is 2.76 bits per heavy atom. The number of pyridine rings is 1. The van der Waals surface area contributed by atoms with Crippen LogP contribution in [0.15, 0.2) is 41.0 Å². The molecule has 1 aromatic heterocycles. The van der Waals surface area contributed by atoms with Crippen molar-refractivity contribution in [3.05, 3.63) is 57.3 Å². The fraction of sp³-hybridized carbons (Fsp3) is 0.312. The highest BCUT2D eigenvalue weighted by Gasteiger charge is 2.06. The van der Waals surface area contributed by atoms with E-state index in [0.717, 1.165) is 28.0 Å². The summed E-state index contributed by atoms with van der Waals surface area (Å²) in [6.07, 6.45) is 1.77. The highest BCUT2D eigenvalue weighted by molar-refractivity contribution is 9.10. The first-order chi connectivity index (χ1) is 10.0. The molecule has 1 heterocycles. The number of hydrogen-bond donors (Lipinski definition) is 1. The quantitative estimate of drug-likeness (QED) is 0.809. The lowest BCUT2D eigenvalue weighted by molar-refractivity contribution is 0.297. The Kier molecular flexibility index (Phi) is 6.03. The van der Waals surface area contributed by atoms with Gasteiger partial charge >= 0.3 is 0 Å². The van der Waals surface area contributed by atoms with Crippen molar-refractivity contribution in [3.63, 3.8) is 0 Å². The van der Waals surface area contributed by atoms with Gasteiger partial charge in [-0.1, -0.05) is 25.4 Å². The largest absolute Gasteiger partial charge is 0.487 e. The molecule has 21 heavy (non-hydrogen) atoms. The zero-order chi connectivity index (χ0) is 15.2. The summed E-state index contributed by atoms with van der Waals surface area (Å²) in [6.45, 7) is 5.37. The summed E-state index contributed by atoms with van der Waals surface area (Å²) < 4.78 is 6.83. The maximum absolute atomic E-state index is 6.07. The van der Waals surface area contributed by atoms with E-state index in [0.29, 0.717) is 17.7 Å². The van der Waals surface area contributed by atoms with Crippen molar-refractivity contribution >= 4 is 27.5 Å². The molecule has 3 nitrogen and oxygen atoms in total. The molecule has 1 aromatic carbocycles. The van der Waals surface area contributed by atoms with E-state index in [1.165, 1.54) is 0 Å². The van der Waals surface area contributed by atoms with E-state index in [4.69, 9.17) is 16.3 Å². The van der Waals surface area contributed by atoms with Crippen molar-refractivity contribution in [1.82, 2.24) is 10.3 Å². The third-order valence-electron chi connectivity index (χ3n) is 2.89. The van der Waals surface area contributed by atoms with Gasteiger partial charge in [-0.15, -0.1) is 0 Å². The van der Waals surface area contributed by atoms with Crippen molar-refractivity contribution in [2.75, 3.05) is 0 Å². The molecule has 0 bridgehead atoms. The first kappa shape index (κ1) is 16.3. The summed E-state index contributed by atoms with van der Waals surface area (Å²) in [7, 11) is 0. The number of nitrogens with one attached hydrogen (secondary N) is 1. The molecule has 0 atom stereocenters. The van der Waals surface area contributed by atoms with E-state index in [1.54, 1.807) is 6.20 Å². The number of aromatic nitrogens is 1. The molecular weight excluding hydrogens is 352 g/mol. The molecule has 0 fully saturated rings. The first-order valence-electron chi connectivity index (χ1n) is 6.79. The molecule has 0 saturated heterocycles. The minimum atomic E-state index is 0.407. The van der Waals surface area contributed by atoms with E-state index in [-0.39, 0.29) is 0 Å². The summed E-state index contributed by atoms with van der Waals surface area (Å²) in [4.78, 5) is 4.30. The predicted octanol–water partition coefficient (Wildman–Crippen LogP) is 4.57. The van der Waals surface area contributed by atoms with Gasteiger partial charge in [-0.2, -0.15) is 0 Å². The molecule has 0 aliphatic carbocycles. The lowest BCUT2D eigenvalue weighted by Gasteiger charge is -2.14. The van der Waals surface area contributed by atoms with Crippen LogP contribution in [-0.4, -0.2) is 11.0 Å². The maximum Gasteiger partial charge on any atom is 0.130 e. The van der Waals surface area contributed by atoms with Gasteiger partial charge in [0.1, 0.15) is 12.4 Å². The number of nitrogens with zero attached hydrogens (tertiary/aromatic N) is 1. The topological polar surface area (TPSA) is 34.1 Å². The normalized spacial score (nSPS) is 10.9. The van der Waals surface area contributed by atoms with Crippen LogP contribution in [0.5, 0.6) is 5.75 Å². The molecule has 0 aliphatic heterocycles. The van der Waals surface area contributed by atoms with Gasteiger partial charge in [-0.05, 0) is 46.3 Å². The summed E-state index contributed by atoms with van der Waals surface area (Å²) >= 11 is 9.43. The van der Waals surface area contributed by atoms with E-state index < -0.39 is 0 Å². The second-order valence-electron chi connectivity index (χ2n) is 5.04. The molecule has 0 aliphatic rings. The van der Waals surface area contributed by atoms with Gasteiger partial charge < -0.3 is 10.1 Å². The number of halogens is 2. The van der Waals surface area contributed by atoms with Crippen molar-refractivity contribution < 1.29 is 4.74 Å². The Hall–Kier alpha value is -1.10. The van der Waals surface area contributed by atoms with Crippen LogP contribution in [0.1, 0.15) is 25.1 Å². The van der Waals surface area contributed by atoms with E-state index in [9.17, 15) is 0 Å². The zero-order valence-electron chi connectivity index (χ0n) is 12.1. The molecule has 0 unspecified atom stereocenters. The van der Waals surface area contributed by atoms with Crippen LogP contribution in [0.3, 0.4) is 0 Å². The average Bonchev–Trinajstić information content (AvgIpc) is 2.45. The summed E-state index contributed by atoms with van der Waals surface area (Å²) in [6, 6.07) is 9.97. The smallest absolute Gasteiger partial charge is 0.130 e. The average molecular weight is 370 g/mol. The molecule has 0 saturated carbocycles. The molecular formula is C16H18BrClN2O. The summed E-state index contributed by atoms with van der Waals surface area (Å²) in [5.74, 6) is 0.831. The molecule has 1 N–H and O–H groups in total. The lowest BCUT2D eigenvalue weighted by Crippen LogP contribution is -2.22. The standard InChI is InChI=1S/C16H18BrClN2O/c1-11(2)19-8-12-7-14(18)4-6-16(12)21-10-15-5-3-13(17)9-20-15/h3-7,9,11,19H,8,10H2,1-2H3. The maximum atomic E-state index is 6.07. The Morgan fingerprint density at radius 2 is 2.10 bits per heavy atom. The van der Waals surface area contributed by atoms with Gasteiger partial charge in [-0.25, -0.2) is 0 Å². The van der Waals surface area contributed by atoms with Gasteiger partial charge in [0.25, 0.3) is 0 Å². The van der Waals surface area contributed by atoms with Crippen molar-refractivity contribution in [1.29, 1.82) is 0 Å². The van der Waals surface area contributed by atoms with E-state index in [1.807, 2.05) is 30.3 Å². The van der Waals surface area contributed by atoms with E-state index in [2.05, 4.69) is 40.1 Å². The molecule has 0 spiro atoms. The molecule has 5 heteroatoms. The van der Waals surface area contributed by atoms with Gasteiger partial charge in [0.15, 0.2) is 0 Å². The Morgan fingerprint density at radius 1 is 1.29 bits per heavy atom. The molecule has 0 radical (unpaired) electrons. The fourth-order valence-corrected chi connectivity index (χ4v) is 2.21. The summed E-state index contributed by atoms with van der Waals surface area (Å²) in [5, 5.41) is 4.09. The third kappa shape index (κ3) is 5.30. The predicted molar refractivity (Wildman–Crippen MR) is 89.7 cm³/mol. The van der Waals surface area contributed by atoms with Crippen molar-refractivity contribution in [2.24, 2.45) is 0 Å². The Labute approximate surface area is 138 Å². The highest BCUT2D eigenvalue weighted by atomic mass is 79.9. The van der Waals surface area contributed by atoms with Gasteiger partial charge in [0.2, 0.25) is 0 Å². The second-order valence-corrected chi connectivity index (χ2v) is 6.40. The molecule has 2 rings (SSSR count). The van der Waals surface area contributed by atoms with Crippen LogP contribution in [0.25, 0.3) is 0 Å². The van der Waals surface area contributed by atoms with Crippen molar-refractivity contribution in [2.45, 2.75) is 33.0 Å². The van der Waals surface area contributed by atoms with Crippen molar-refractivity contribution in [3.8, 4) is 5.75 Å². The first-order valence-corrected chi connectivity index (χ1v) is 7.96. The highest BCUT2D eigenvalue weighted by Crippen LogP contribution is 2.24. The number of hydrogen-bond acceptors (Lipinski definition) is 3. The minimum absolute atomic E-state index is 0.407. The Balaban J connectivity index is 2.06. The molecule has 0 amide bonds. The van der Waals surface area contributed by atoms with Gasteiger partial charge in [-0.3, -0.25) is 4.98 Å². The van der Waals surface area contributed by atoms with Crippen LogP contribution in [0.4, 0.5) is 0 Å². The lowest BCUT2D eigenvalue weighted by atomic mass is 10.2. The van der Waals surface area contributed by atoms with Crippen LogP contribution in [-0.2, 0) is 13.2 Å². The molecule has 2 aromatic rings. The number of benzene rings is 1. The van der Waals surface area contributed by atoms with Crippen LogP contribution in [0, 0.1) is 0 Å². The van der Waals surface area contributed by atoms with Gasteiger partial charge in [0, 0.05) is 33.8 Å². The Bertz CT molecular complexity index is 587. The van der Waals surface area contributed by atoms with Crippen LogP contribution >= 0.6 is 27.5 Å². The number of rotatable bonds is 6. The minimum Gasteiger partial charge on any atom is -0.487 e. The third-order valence-corrected chi connectivity index (χ3v) is 3.59. The van der Waals surface area contributed by atoms with Crippen LogP contribution in [0.2, 0.25) is 5.02 Å². The monoisotopic (exact) mass is 368 g/mol. The summed E-state index contributed by atoms with van der Waals surface area (Å²) in [5.41, 5.74) is 1.93. The SMILES string of the molecule is CC(C)NCc1cc(Cl)ccc1OCc1ccc(Br)cn1. The second kappa shape index (κ2) is 7.78.